The summed E-state index contributed by atoms with van der Waals surface area (Å²) in [6, 6.07) is 23.3. The van der Waals surface area contributed by atoms with Crippen LogP contribution in [0, 0.1) is 0 Å². The maximum Gasteiger partial charge on any atom is 0.261 e. The fourth-order valence-corrected chi connectivity index (χ4v) is 3.90. The first-order chi connectivity index (χ1) is 13.0. The third-order valence-corrected chi connectivity index (χ3v) is 5.74. The second kappa shape index (κ2) is 8.35. The number of hydrogen-bond donors (Lipinski definition) is 3. The monoisotopic (exact) mass is 382 g/mol. The lowest BCUT2D eigenvalue weighted by Crippen LogP contribution is -2.20. The normalized spacial score (nSPS) is 12.5. The predicted molar refractivity (Wildman–Crippen MR) is 108 cm³/mol. The summed E-state index contributed by atoms with van der Waals surface area (Å²) in [7, 11) is -1.96. The fraction of sp³-hybridized carbons (Fsp3) is 0.143. The van der Waals surface area contributed by atoms with Gasteiger partial charge in [-0.2, -0.15) is 0 Å². The Hall–Kier alpha value is -2.67. The van der Waals surface area contributed by atoms with Crippen molar-refractivity contribution in [2.45, 2.75) is 10.9 Å². The number of aliphatic hydroxyl groups excluding tert-OH is 1. The molecule has 5 nitrogen and oxygen atoms in total. The zero-order valence-corrected chi connectivity index (χ0v) is 15.8. The van der Waals surface area contributed by atoms with Crippen LogP contribution in [0.3, 0.4) is 0 Å². The number of aliphatic hydroxyl groups is 1. The van der Waals surface area contributed by atoms with Crippen LogP contribution in [0.1, 0.15) is 11.6 Å². The number of anilines is 1. The maximum atomic E-state index is 12.7. The van der Waals surface area contributed by atoms with Crippen LogP contribution in [0.25, 0.3) is 11.1 Å². The number of likely N-dealkylation sites (N-methyl/N-ethyl adjacent to an activating group) is 1. The van der Waals surface area contributed by atoms with Crippen molar-refractivity contribution in [3.8, 4) is 11.1 Å². The third kappa shape index (κ3) is 4.54. The Morgan fingerprint density at radius 3 is 2.19 bits per heavy atom. The molecular formula is C21H22N2O3S. The van der Waals surface area contributed by atoms with Crippen molar-refractivity contribution in [1.29, 1.82) is 0 Å². The van der Waals surface area contributed by atoms with Gasteiger partial charge in [0.2, 0.25) is 0 Å². The van der Waals surface area contributed by atoms with Gasteiger partial charge in [-0.3, -0.25) is 4.72 Å². The van der Waals surface area contributed by atoms with E-state index < -0.39 is 10.0 Å². The summed E-state index contributed by atoms with van der Waals surface area (Å²) in [6.45, 7) is -0.0757. The molecule has 0 amide bonds. The van der Waals surface area contributed by atoms with Crippen LogP contribution in [-0.2, 0) is 10.0 Å². The molecule has 3 rings (SSSR count). The smallest absolute Gasteiger partial charge is 0.261 e. The second-order valence-corrected chi connectivity index (χ2v) is 7.83. The van der Waals surface area contributed by atoms with Gasteiger partial charge in [-0.15, -0.1) is 0 Å². The Bertz CT molecular complexity index is 983. The first-order valence-electron chi connectivity index (χ1n) is 8.60. The highest BCUT2D eigenvalue weighted by atomic mass is 32.2. The van der Waals surface area contributed by atoms with Gasteiger partial charge in [0.1, 0.15) is 0 Å². The molecule has 140 valence electrons. The second-order valence-electron chi connectivity index (χ2n) is 6.15. The summed E-state index contributed by atoms with van der Waals surface area (Å²) >= 11 is 0. The molecule has 1 atom stereocenters. The predicted octanol–water partition coefficient (Wildman–Crippen LogP) is 3.41. The number of sulfonamides is 1. The standard InChI is InChI=1S/C21H22N2O3S/c1-22-21(15-24)18-8-5-9-19(14-18)23-27(25,26)20-12-10-17(11-13-20)16-6-3-2-4-7-16/h2-14,21-24H,15H2,1H3/t21-/m0/s1. The molecule has 3 aromatic carbocycles. The van der Waals surface area contributed by atoms with Gasteiger partial charge in [0.05, 0.1) is 17.5 Å². The maximum absolute atomic E-state index is 12.7. The van der Waals surface area contributed by atoms with Gasteiger partial charge in [-0.1, -0.05) is 54.6 Å². The highest BCUT2D eigenvalue weighted by molar-refractivity contribution is 7.92. The largest absolute Gasteiger partial charge is 0.394 e. The molecule has 0 spiro atoms. The van der Waals surface area contributed by atoms with Crippen LogP contribution in [0.15, 0.2) is 83.8 Å². The lowest BCUT2D eigenvalue weighted by Gasteiger charge is -2.15. The van der Waals surface area contributed by atoms with E-state index in [4.69, 9.17) is 0 Å². The average molecular weight is 382 g/mol. The summed E-state index contributed by atoms with van der Waals surface area (Å²) in [4.78, 5) is 0.194. The zero-order chi connectivity index (χ0) is 19.3. The van der Waals surface area contributed by atoms with E-state index in [2.05, 4.69) is 10.0 Å². The Morgan fingerprint density at radius 2 is 1.56 bits per heavy atom. The summed E-state index contributed by atoms with van der Waals surface area (Å²) < 4.78 is 28.0. The molecule has 6 heteroatoms. The molecule has 0 saturated carbocycles. The van der Waals surface area contributed by atoms with Crippen molar-refractivity contribution in [1.82, 2.24) is 5.32 Å². The van der Waals surface area contributed by atoms with Crippen LogP contribution in [-0.4, -0.2) is 27.2 Å². The number of benzene rings is 3. The molecule has 0 aliphatic carbocycles. The summed E-state index contributed by atoms with van der Waals surface area (Å²) in [5, 5.41) is 12.4. The highest BCUT2D eigenvalue weighted by Gasteiger charge is 2.15. The van der Waals surface area contributed by atoms with Crippen LogP contribution in [0.2, 0.25) is 0 Å². The summed E-state index contributed by atoms with van der Waals surface area (Å²) in [5.41, 5.74) is 3.24. The average Bonchev–Trinajstić information content (AvgIpc) is 2.70. The minimum Gasteiger partial charge on any atom is -0.394 e. The molecule has 0 aromatic heterocycles. The van der Waals surface area contributed by atoms with Gasteiger partial charge in [0.25, 0.3) is 10.0 Å². The number of hydrogen-bond acceptors (Lipinski definition) is 4. The molecule has 0 radical (unpaired) electrons. The van der Waals surface area contributed by atoms with Crippen molar-refractivity contribution in [2.75, 3.05) is 18.4 Å². The Morgan fingerprint density at radius 1 is 0.889 bits per heavy atom. The van der Waals surface area contributed by atoms with Gasteiger partial charge < -0.3 is 10.4 Å². The van der Waals surface area contributed by atoms with E-state index in [-0.39, 0.29) is 17.5 Å². The molecule has 27 heavy (non-hydrogen) atoms. The lowest BCUT2D eigenvalue weighted by molar-refractivity contribution is 0.251. The van der Waals surface area contributed by atoms with Gasteiger partial charge in [-0.05, 0) is 48.0 Å². The summed E-state index contributed by atoms with van der Waals surface area (Å²) in [5.74, 6) is 0. The van der Waals surface area contributed by atoms with Crippen molar-refractivity contribution in [2.24, 2.45) is 0 Å². The van der Waals surface area contributed by atoms with Crippen molar-refractivity contribution in [3.63, 3.8) is 0 Å². The van der Waals surface area contributed by atoms with E-state index >= 15 is 0 Å². The molecular weight excluding hydrogens is 360 g/mol. The van der Waals surface area contributed by atoms with Crippen molar-refractivity contribution in [3.05, 3.63) is 84.4 Å². The molecule has 3 aromatic rings. The van der Waals surface area contributed by atoms with E-state index in [9.17, 15) is 13.5 Å². The minimum atomic E-state index is -3.70. The van der Waals surface area contributed by atoms with Crippen LogP contribution < -0.4 is 10.0 Å². The molecule has 0 saturated heterocycles. The highest BCUT2D eigenvalue weighted by Crippen LogP contribution is 2.23. The first-order valence-corrected chi connectivity index (χ1v) is 10.1. The summed E-state index contributed by atoms with van der Waals surface area (Å²) in [6.07, 6.45) is 0. The molecule has 0 aliphatic heterocycles. The number of nitrogens with one attached hydrogen (secondary N) is 2. The van der Waals surface area contributed by atoms with E-state index in [1.54, 1.807) is 49.5 Å². The molecule has 3 N–H and O–H groups in total. The topological polar surface area (TPSA) is 78.4 Å². The van der Waals surface area contributed by atoms with Crippen LogP contribution >= 0.6 is 0 Å². The number of rotatable bonds is 7. The molecule has 0 aliphatic rings. The van der Waals surface area contributed by atoms with Gasteiger partial charge in [-0.25, -0.2) is 8.42 Å². The Kier molecular flexibility index (Phi) is 5.91. The molecule has 0 bridgehead atoms. The molecule has 0 unspecified atom stereocenters. The fourth-order valence-electron chi connectivity index (χ4n) is 2.85. The van der Waals surface area contributed by atoms with Gasteiger partial charge in [0.15, 0.2) is 0 Å². The van der Waals surface area contributed by atoms with E-state index in [1.807, 2.05) is 36.4 Å². The molecule has 0 fully saturated rings. The molecule has 0 heterocycles. The van der Waals surface area contributed by atoms with Gasteiger partial charge >= 0.3 is 0 Å². The van der Waals surface area contributed by atoms with Crippen LogP contribution in [0.4, 0.5) is 5.69 Å². The third-order valence-electron chi connectivity index (χ3n) is 4.34. The van der Waals surface area contributed by atoms with Gasteiger partial charge in [0, 0.05) is 5.69 Å². The first kappa shape index (κ1) is 19.1. The lowest BCUT2D eigenvalue weighted by atomic mass is 10.1. The minimum absolute atomic E-state index is 0.0757. The quantitative estimate of drug-likeness (QED) is 0.585. The van der Waals surface area contributed by atoms with E-state index in [0.29, 0.717) is 5.69 Å². The van der Waals surface area contributed by atoms with Crippen LogP contribution in [0.5, 0.6) is 0 Å². The Balaban J connectivity index is 1.82. The van der Waals surface area contributed by atoms with E-state index in [1.165, 1.54) is 0 Å². The SMILES string of the molecule is CN[C@@H](CO)c1cccc(NS(=O)(=O)c2ccc(-c3ccccc3)cc2)c1. The zero-order valence-electron chi connectivity index (χ0n) is 15.0. The van der Waals surface area contributed by atoms with Crippen molar-refractivity contribution < 1.29 is 13.5 Å². The van der Waals surface area contributed by atoms with E-state index in [0.717, 1.165) is 16.7 Å². The van der Waals surface area contributed by atoms with Crippen molar-refractivity contribution >= 4 is 15.7 Å². The Labute approximate surface area is 159 Å².